The van der Waals surface area contributed by atoms with Gasteiger partial charge in [-0.05, 0) is 49.7 Å². The Morgan fingerprint density at radius 3 is 2.30 bits per heavy atom. The van der Waals surface area contributed by atoms with Crippen molar-refractivity contribution in [2.24, 2.45) is 5.92 Å². The van der Waals surface area contributed by atoms with Crippen molar-refractivity contribution in [2.75, 3.05) is 6.61 Å². The Morgan fingerprint density at radius 2 is 1.70 bits per heavy atom. The third-order valence-electron chi connectivity index (χ3n) is 4.47. The van der Waals surface area contributed by atoms with Crippen LogP contribution in [0.4, 0.5) is 0 Å². The van der Waals surface area contributed by atoms with E-state index >= 15 is 0 Å². The molecule has 1 aromatic rings. The minimum Gasteiger partial charge on any atom is -0.466 e. The van der Waals surface area contributed by atoms with Crippen LogP contribution in [0.25, 0.3) is 0 Å². The second kappa shape index (κ2) is 12.2. The van der Waals surface area contributed by atoms with Gasteiger partial charge in [0.05, 0.1) is 6.61 Å². The minimum absolute atomic E-state index is 0.0607. The van der Waals surface area contributed by atoms with Crippen LogP contribution in [-0.4, -0.2) is 12.6 Å². The van der Waals surface area contributed by atoms with E-state index < -0.39 is 0 Å². The van der Waals surface area contributed by atoms with Gasteiger partial charge >= 0.3 is 5.97 Å². The second-order valence-electron chi connectivity index (χ2n) is 6.45. The summed E-state index contributed by atoms with van der Waals surface area (Å²) < 4.78 is 4.94. The summed E-state index contributed by atoms with van der Waals surface area (Å²) in [6.45, 7) is 6.91. The number of carbonyl (C=O) groups is 1. The van der Waals surface area contributed by atoms with Crippen LogP contribution in [0.1, 0.15) is 76.8 Å². The Labute approximate surface area is 142 Å². The lowest BCUT2D eigenvalue weighted by atomic mass is 9.92. The lowest BCUT2D eigenvalue weighted by Crippen LogP contribution is -2.03. The second-order valence-corrected chi connectivity index (χ2v) is 6.45. The first kappa shape index (κ1) is 19.7. The van der Waals surface area contributed by atoms with E-state index in [1.165, 1.54) is 36.8 Å². The van der Waals surface area contributed by atoms with Crippen molar-refractivity contribution in [1.82, 2.24) is 0 Å². The highest BCUT2D eigenvalue weighted by atomic mass is 16.5. The molecule has 2 heteroatoms. The van der Waals surface area contributed by atoms with Gasteiger partial charge in [0.2, 0.25) is 0 Å². The molecule has 0 aromatic heterocycles. The van der Waals surface area contributed by atoms with E-state index in [4.69, 9.17) is 4.74 Å². The van der Waals surface area contributed by atoms with Crippen molar-refractivity contribution in [2.45, 2.75) is 78.6 Å². The molecule has 0 N–H and O–H groups in total. The van der Waals surface area contributed by atoms with E-state index in [0.717, 1.165) is 31.6 Å². The van der Waals surface area contributed by atoms with Gasteiger partial charge in [0.15, 0.2) is 0 Å². The summed E-state index contributed by atoms with van der Waals surface area (Å²) in [5, 5.41) is 0. The topological polar surface area (TPSA) is 26.3 Å². The van der Waals surface area contributed by atoms with E-state index in [9.17, 15) is 4.79 Å². The SMILES string of the molecule is CCCC(CC)Cc1ccc(CCCCCC(=O)OCC)cc1. The summed E-state index contributed by atoms with van der Waals surface area (Å²) in [6, 6.07) is 9.15. The van der Waals surface area contributed by atoms with Crippen molar-refractivity contribution in [3.05, 3.63) is 35.4 Å². The number of rotatable bonds is 12. The molecule has 0 spiro atoms. The molecule has 0 aliphatic rings. The first-order chi connectivity index (χ1) is 11.2. The summed E-state index contributed by atoms with van der Waals surface area (Å²) in [5.74, 6) is 0.767. The molecular weight excluding hydrogens is 284 g/mol. The molecule has 0 aliphatic carbocycles. The van der Waals surface area contributed by atoms with E-state index in [1.54, 1.807) is 0 Å². The number of carbonyl (C=O) groups excluding carboxylic acids is 1. The van der Waals surface area contributed by atoms with Crippen LogP contribution in [0.2, 0.25) is 0 Å². The molecule has 0 radical (unpaired) electrons. The molecule has 0 saturated heterocycles. The van der Waals surface area contributed by atoms with Crippen molar-refractivity contribution >= 4 is 5.97 Å². The summed E-state index contributed by atoms with van der Waals surface area (Å²) >= 11 is 0. The van der Waals surface area contributed by atoms with Crippen LogP contribution in [-0.2, 0) is 22.4 Å². The van der Waals surface area contributed by atoms with Crippen molar-refractivity contribution in [3.63, 3.8) is 0 Å². The zero-order valence-electron chi connectivity index (χ0n) is 15.3. The van der Waals surface area contributed by atoms with Gasteiger partial charge in [0, 0.05) is 6.42 Å². The number of unbranched alkanes of at least 4 members (excludes halogenated alkanes) is 2. The maximum atomic E-state index is 11.3. The molecule has 2 nitrogen and oxygen atoms in total. The van der Waals surface area contributed by atoms with E-state index in [-0.39, 0.29) is 5.97 Å². The molecule has 0 fully saturated rings. The third kappa shape index (κ3) is 8.78. The summed E-state index contributed by atoms with van der Waals surface area (Å²) in [4.78, 5) is 11.3. The van der Waals surface area contributed by atoms with E-state index in [2.05, 4.69) is 38.1 Å². The predicted octanol–water partition coefficient (Wildman–Crippen LogP) is 5.72. The highest BCUT2D eigenvalue weighted by Gasteiger charge is 2.06. The third-order valence-corrected chi connectivity index (χ3v) is 4.47. The fourth-order valence-electron chi connectivity index (χ4n) is 3.04. The van der Waals surface area contributed by atoms with Crippen LogP contribution in [0.5, 0.6) is 0 Å². The fraction of sp³-hybridized carbons (Fsp3) is 0.667. The van der Waals surface area contributed by atoms with E-state index in [1.807, 2.05) is 6.92 Å². The zero-order chi connectivity index (χ0) is 16.9. The average molecular weight is 319 g/mol. The number of esters is 1. The molecule has 1 atom stereocenters. The normalized spacial score (nSPS) is 12.1. The molecular formula is C21H34O2. The number of hydrogen-bond donors (Lipinski definition) is 0. The minimum atomic E-state index is -0.0607. The Kier molecular flexibility index (Phi) is 10.4. The first-order valence-electron chi connectivity index (χ1n) is 9.43. The van der Waals surface area contributed by atoms with Gasteiger partial charge in [-0.3, -0.25) is 4.79 Å². The molecule has 23 heavy (non-hydrogen) atoms. The lowest BCUT2D eigenvalue weighted by molar-refractivity contribution is -0.143. The average Bonchev–Trinajstić information content (AvgIpc) is 2.56. The molecule has 0 heterocycles. The summed E-state index contributed by atoms with van der Waals surface area (Å²) in [5.41, 5.74) is 2.88. The van der Waals surface area contributed by atoms with E-state index in [0.29, 0.717) is 13.0 Å². The van der Waals surface area contributed by atoms with Crippen LogP contribution in [0.15, 0.2) is 24.3 Å². The Morgan fingerprint density at radius 1 is 1.00 bits per heavy atom. The number of ether oxygens (including phenoxy) is 1. The van der Waals surface area contributed by atoms with Crippen molar-refractivity contribution < 1.29 is 9.53 Å². The fourth-order valence-corrected chi connectivity index (χ4v) is 3.04. The molecule has 0 saturated carbocycles. The molecule has 1 aromatic carbocycles. The van der Waals surface area contributed by atoms with Gasteiger partial charge in [-0.25, -0.2) is 0 Å². The molecule has 1 unspecified atom stereocenters. The maximum absolute atomic E-state index is 11.3. The quantitative estimate of drug-likeness (QED) is 0.364. The largest absolute Gasteiger partial charge is 0.466 e. The summed E-state index contributed by atoms with van der Waals surface area (Å²) in [6.07, 6.45) is 9.94. The zero-order valence-corrected chi connectivity index (χ0v) is 15.3. The smallest absolute Gasteiger partial charge is 0.305 e. The highest BCUT2D eigenvalue weighted by molar-refractivity contribution is 5.69. The van der Waals surface area contributed by atoms with Gasteiger partial charge < -0.3 is 4.74 Å². The first-order valence-corrected chi connectivity index (χ1v) is 9.43. The van der Waals surface area contributed by atoms with Crippen LogP contribution in [0, 0.1) is 5.92 Å². The van der Waals surface area contributed by atoms with Gasteiger partial charge in [0.25, 0.3) is 0 Å². The predicted molar refractivity (Wildman–Crippen MR) is 97.6 cm³/mol. The van der Waals surface area contributed by atoms with Crippen LogP contribution >= 0.6 is 0 Å². The maximum Gasteiger partial charge on any atom is 0.305 e. The van der Waals surface area contributed by atoms with Gasteiger partial charge in [-0.15, -0.1) is 0 Å². The van der Waals surface area contributed by atoms with Crippen LogP contribution < -0.4 is 0 Å². The Bertz CT molecular complexity index is 422. The molecule has 0 aliphatic heterocycles. The molecule has 130 valence electrons. The Hall–Kier alpha value is -1.31. The number of hydrogen-bond acceptors (Lipinski definition) is 2. The van der Waals surface area contributed by atoms with Gasteiger partial charge in [-0.2, -0.15) is 0 Å². The number of aryl methyl sites for hydroxylation is 1. The molecule has 0 bridgehead atoms. The monoisotopic (exact) mass is 318 g/mol. The lowest BCUT2D eigenvalue weighted by Gasteiger charge is -2.14. The van der Waals surface area contributed by atoms with Crippen LogP contribution in [0.3, 0.4) is 0 Å². The molecule has 1 rings (SSSR count). The summed E-state index contributed by atoms with van der Waals surface area (Å²) in [7, 11) is 0. The highest BCUT2D eigenvalue weighted by Crippen LogP contribution is 2.18. The molecule has 0 amide bonds. The standard InChI is InChI=1S/C21H34O2/c1-4-10-18(5-2)17-20-15-13-19(14-16-20)11-8-7-9-12-21(22)23-6-3/h13-16,18H,4-12,17H2,1-3H3. The Balaban J connectivity index is 2.24. The number of benzene rings is 1. The van der Waals surface area contributed by atoms with Gasteiger partial charge in [-0.1, -0.05) is 63.8 Å². The van der Waals surface area contributed by atoms with Crippen molar-refractivity contribution in [1.29, 1.82) is 0 Å². The van der Waals surface area contributed by atoms with Crippen molar-refractivity contribution in [3.8, 4) is 0 Å². The van der Waals surface area contributed by atoms with Gasteiger partial charge in [0.1, 0.15) is 0 Å².